The number of pyridine rings is 1. The zero-order valence-corrected chi connectivity index (χ0v) is 11.2. The molecule has 1 atom stereocenters. The van der Waals surface area contributed by atoms with Gasteiger partial charge in [0.1, 0.15) is 5.76 Å². The van der Waals surface area contributed by atoms with Crippen molar-refractivity contribution in [2.45, 2.75) is 13.0 Å². The minimum Gasteiger partial charge on any atom is -0.457 e. The standard InChI is InChI=1S/C15H13ClN2O/c1-9-11(5-3-7-18-9)14(17)13-8-10-4-2-6-12(16)15(10)19-13/h2-8,14H,17H2,1H3. The normalized spacial score (nSPS) is 12.8. The van der Waals surface area contributed by atoms with E-state index in [0.29, 0.717) is 16.4 Å². The second-order valence-electron chi connectivity index (χ2n) is 4.46. The Balaban J connectivity index is 2.10. The molecule has 3 aromatic rings. The van der Waals surface area contributed by atoms with Crippen LogP contribution in [0.4, 0.5) is 0 Å². The minimum atomic E-state index is -0.336. The molecule has 0 aliphatic rings. The molecule has 96 valence electrons. The maximum Gasteiger partial charge on any atom is 0.152 e. The summed E-state index contributed by atoms with van der Waals surface area (Å²) in [7, 11) is 0. The van der Waals surface area contributed by atoms with Gasteiger partial charge in [0.25, 0.3) is 0 Å². The Bertz CT molecular complexity index is 736. The maximum atomic E-state index is 6.25. The summed E-state index contributed by atoms with van der Waals surface area (Å²) in [5, 5.41) is 1.55. The summed E-state index contributed by atoms with van der Waals surface area (Å²) in [4.78, 5) is 4.25. The molecule has 0 fully saturated rings. The number of rotatable bonds is 2. The molecule has 2 heterocycles. The topological polar surface area (TPSA) is 52.0 Å². The molecule has 3 rings (SSSR count). The van der Waals surface area contributed by atoms with Crippen LogP contribution < -0.4 is 5.73 Å². The second-order valence-corrected chi connectivity index (χ2v) is 4.87. The average molecular weight is 273 g/mol. The first kappa shape index (κ1) is 12.2. The Labute approximate surface area is 116 Å². The monoisotopic (exact) mass is 272 g/mol. The number of nitrogens with two attached hydrogens (primary N) is 1. The summed E-state index contributed by atoms with van der Waals surface area (Å²) in [6.45, 7) is 1.94. The third kappa shape index (κ3) is 2.11. The van der Waals surface area contributed by atoms with E-state index in [9.17, 15) is 0 Å². The zero-order chi connectivity index (χ0) is 13.4. The van der Waals surface area contributed by atoms with Gasteiger partial charge in [-0.3, -0.25) is 4.98 Å². The van der Waals surface area contributed by atoms with Gasteiger partial charge in [-0.05, 0) is 30.7 Å². The molecule has 1 unspecified atom stereocenters. The van der Waals surface area contributed by atoms with E-state index in [4.69, 9.17) is 21.8 Å². The highest BCUT2D eigenvalue weighted by molar-refractivity contribution is 6.34. The fraction of sp³-hybridized carbons (Fsp3) is 0.133. The molecular weight excluding hydrogens is 260 g/mol. The number of benzene rings is 1. The second kappa shape index (κ2) is 4.68. The number of hydrogen-bond acceptors (Lipinski definition) is 3. The lowest BCUT2D eigenvalue weighted by Gasteiger charge is -2.10. The van der Waals surface area contributed by atoms with Crippen molar-refractivity contribution in [2.24, 2.45) is 5.73 Å². The fourth-order valence-electron chi connectivity index (χ4n) is 2.18. The molecule has 0 aliphatic carbocycles. The molecule has 3 nitrogen and oxygen atoms in total. The van der Waals surface area contributed by atoms with Gasteiger partial charge in [-0.15, -0.1) is 0 Å². The van der Waals surface area contributed by atoms with Gasteiger partial charge < -0.3 is 10.2 Å². The van der Waals surface area contributed by atoms with Crippen molar-refractivity contribution in [3.05, 3.63) is 64.6 Å². The van der Waals surface area contributed by atoms with Crippen LogP contribution in [-0.2, 0) is 0 Å². The Hall–Kier alpha value is -1.84. The molecule has 0 saturated carbocycles. The van der Waals surface area contributed by atoms with Crippen molar-refractivity contribution in [3.8, 4) is 0 Å². The lowest BCUT2D eigenvalue weighted by molar-refractivity contribution is 0.523. The maximum absolute atomic E-state index is 6.25. The molecular formula is C15H13ClN2O. The van der Waals surface area contributed by atoms with Crippen LogP contribution in [0.5, 0.6) is 0 Å². The fourth-order valence-corrected chi connectivity index (χ4v) is 2.40. The molecule has 0 amide bonds. The summed E-state index contributed by atoms with van der Waals surface area (Å²) >= 11 is 6.11. The lowest BCUT2D eigenvalue weighted by Crippen LogP contribution is -2.12. The SMILES string of the molecule is Cc1ncccc1C(N)c1cc2cccc(Cl)c2o1. The third-order valence-electron chi connectivity index (χ3n) is 3.20. The number of aryl methyl sites for hydroxylation is 1. The molecule has 19 heavy (non-hydrogen) atoms. The summed E-state index contributed by atoms with van der Waals surface area (Å²) < 4.78 is 5.79. The van der Waals surface area contributed by atoms with Crippen LogP contribution in [0.15, 0.2) is 47.0 Å². The largest absolute Gasteiger partial charge is 0.457 e. The smallest absolute Gasteiger partial charge is 0.152 e. The molecule has 0 spiro atoms. The van der Waals surface area contributed by atoms with Crippen LogP contribution in [0.1, 0.15) is 23.1 Å². The van der Waals surface area contributed by atoms with E-state index in [1.807, 2.05) is 37.3 Å². The van der Waals surface area contributed by atoms with E-state index < -0.39 is 0 Å². The highest BCUT2D eigenvalue weighted by Crippen LogP contribution is 2.31. The van der Waals surface area contributed by atoms with Crippen LogP contribution in [0.25, 0.3) is 11.0 Å². The molecule has 0 aliphatic heterocycles. The van der Waals surface area contributed by atoms with Crippen molar-refractivity contribution in [3.63, 3.8) is 0 Å². The number of nitrogens with zero attached hydrogens (tertiary/aromatic N) is 1. The van der Waals surface area contributed by atoms with Gasteiger partial charge in [-0.2, -0.15) is 0 Å². The number of halogens is 1. The number of para-hydroxylation sites is 1. The van der Waals surface area contributed by atoms with E-state index in [-0.39, 0.29) is 6.04 Å². The quantitative estimate of drug-likeness (QED) is 0.771. The van der Waals surface area contributed by atoms with Crippen molar-refractivity contribution in [1.82, 2.24) is 4.98 Å². The Morgan fingerprint density at radius 1 is 1.26 bits per heavy atom. The van der Waals surface area contributed by atoms with Crippen molar-refractivity contribution < 1.29 is 4.42 Å². The molecule has 1 aromatic carbocycles. The first-order valence-electron chi connectivity index (χ1n) is 6.02. The number of furan rings is 1. The first-order valence-corrected chi connectivity index (χ1v) is 6.39. The average Bonchev–Trinajstić information content (AvgIpc) is 2.84. The Morgan fingerprint density at radius 3 is 2.84 bits per heavy atom. The summed E-state index contributed by atoms with van der Waals surface area (Å²) in [5.74, 6) is 0.694. The lowest BCUT2D eigenvalue weighted by atomic mass is 10.0. The van der Waals surface area contributed by atoms with Gasteiger partial charge in [-0.25, -0.2) is 0 Å². The number of hydrogen-bond donors (Lipinski definition) is 1. The van der Waals surface area contributed by atoms with Crippen molar-refractivity contribution in [1.29, 1.82) is 0 Å². The van der Waals surface area contributed by atoms with Gasteiger partial charge in [-0.1, -0.05) is 29.8 Å². The van der Waals surface area contributed by atoms with Gasteiger partial charge in [0, 0.05) is 17.3 Å². The molecule has 2 aromatic heterocycles. The molecule has 0 bridgehead atoms. The van der Waals surface area contributed by atoms with E-state index in [1.165, 1.54) is 0 Å². The highest BCUT2D eigenvalue weighted by atomic mass is 35.5. The van der Waals surface area contributed by atoms with Gasteiger partial charge in [0.15, 0.2) is 5.58 Å². The molecule has 0 radical (unpaired) electrons. The van der Waals surface area contributed by atoms with Crippen LogP contribution in [-0.4, -0.2) is 4.98 Å². The molecule has 4 heteroatoms. The predicted molar refractivity (Wildman–Crippen MR) is 76.2 cm³/mol. The van der Waals surface area contributed by atoms with E-state index in [2.05, 4.69) is 4.98 Å². The Morgan fingerprint density at radius 2 is 2.11 bits per heavy atom. The number of fused-ring (bicyclic) bond motifs is 1. The summed E-state index contributed by atoms with van der Waals surface area (Å²) in [6.07, 6.45) is 1.75. The highest BCUT2D eigenvalue weighted by Gasteiger charge is 2.17. The van der Waals surface area contributed by atoms with Gasteiger partial charge in [0.05, 0.1) is 11.1 Å². The van der Waals surface area contributed by atoms with Crippen molar-refractivity contribution in [2.75, 3.05) is 0 Å². The van der Waals surface area contributed by atoms with Crippen LogP contribution >= 0.6 is 11.6 Å². The van der Waals surface area contributed by atoms with Gasteiger partial charge in [0.2, 0.25) is 0 Å². The minimum absolute atomic E-state index is 0.336. The van der Waals surface area contributed by atoms with Crippen LogP contribution in [0.2, 0.25) is 5.02 Å². The summed E-state index contributed by atoms with van der Waals surface area (Å²) in [5.41, 5.74) is 8.79. The van der Waals surface area contributed by atoms with Crippen LogP contribution in [0.3, 0.4) is 0 Å². The first-order chi connectivity index (χ1) is 9.16. The zero-order valence-electron chi connectivity index (χ0n) is 10.4. The van der Waals surface area contributed by atoms with Gasteiger partial charge >= 0.3 is 0 Å². The van der Waals surface area contributed by atoms with E-state index >= 15 is 0 Å². The van der Waals surface area contributed by atoms with Crippen LogP contribution in [0, 0.1) is 6.92 Å². The summed E-state index contributed by atoms with van der Waals surface area (Å²) in [6, 6.07) is 11.1. The number of aromatic nitrogens is 1. The van der Waals surface area contributed by atoms with E-state index in [0.717, 1.165) is 16.6 Å². The van der Waals surface area contributed by atoms with E-state index in [1.54, 1.807) is 12.3 Å². The molecule has 2 N–H and O–H groups in total. The molecule has 0 saturated heterocycles. The van der Waals surface area contributed by atoms with Crippen molar-refractivity contribution >= 4 is 22.6 Å². The third-order valence-corrected chi connectivity index (χ3v) is 3.50. The predicted octanol–water partition coefficient (Wildman–Crippen LogP) is 3.84. The Kier molecular flexibility index (Phi) is 3.01.